The molecule has 0 amide bonds. The lowest BCUT2D eigenvalue weighted by atomic mass is 9.98. The third kappa shape index (κ3) is 9.56. The first-order valence-electron chi connectivity index (χ1n) is 13.0. The number of rotatable bonds is 15. The van der Waals surface area contributed by atoms with E-state index in [0.29, 0.717) is 79.0 Å². The number of hydrogen-bond donors (Lipinski definition) is 0. The summed E-state index contributed by atoms with van der Waals surface area (Å²) in [5.74, 6) is 2.41. The van der Waals surface area contributed by atoms with Gasteiger partial charge in [-0.15, -0.1) is 0 Å². The zero-order valence-electron chi connectivity index (χ0n) is 22.9. The molecule has 0 aliphatic carbocycles. The van der Waals surface area contributed by atoms with Crippen LogP contribution < -0.4 is 14.2 Å². The number of esters is 1. The van der Waals surface area contributed by atoms with Gasteiger partial charge in [-0.3, -0.25) is 9.59 Å². The molecule has 2 rings (SSSR count). The normalized spacial score (nSPS) is 11.2. The van der Waals surface area contributed by atoms with Crippen molar-refractivity contribution in [2.24, 2.45) is 17.8 Å². The molecule has 0 saturated heterocycles. The summed E-state index contributed by atoms with van der Waals surface area (Å²) < 4.78 is 22.9. The standard InChI is InChI=1S/C30H42O6/c1-8-33-29(31)14-10-23-15-24(9-12-27(23)35-18-21(4)5)30(32)26-16-25(34-17-20(2)3)11-13-28(26)36-19-22(6)7/h9,11-13,15-16,20-22H,8,10,14,17-19H2,1-7H3. The first-order chi connectivity index (χ1) is 17.1. The van der Waals surface area contributed by atoms with Gasteiger partial charge in [-0.25, -0.2) is 0 Å². The van der Waals surface area contributed by atoms with Gasteiger partial charge in [0.05, 0.1) is 32.0 Å². The molecule has 0 bridgehead atoms. The summed E-state index contributed by atoms with van der Waals surface area (Å²) in [7, 11) is 0. The fourth-order valence-corrected chi connectivity index (χ4v) is 3.36. The summed E-state index contributed by atoms with van der Waals surface area (Å²) in [6, 6.07) is 10.8. The van der Waals surface area contributed by atoms with Crippen LogP contribution in [0, 0.1) is 17.8 Å². The number of hydrogen-bond acceptors (Lipinski definition) is 6. The molecule has 0 saturated carbocycles. The summed E-state index contributed by atoms with van der Waals surface area (Å²) in [4.78, 5) is 25.7. The molecule has 2 aromatic carbocycles. The Kier molecular flexibility index (Phi) is 11.8. The van der Waals surface area contributed by atoms with Crippen LogP contribution in [0.15, 0.2) is 36.4 Å². The lowest BCUT2D eigenvalue weighted by molar-refractivity contribution is -0.143. The second-order valence-electron chi connectivity index (χ2n) is 10.2. The predicted octanol–water partition coefficient (Wildman–Crippen LogP) is 6.52. The van der Waals surface area contributed by atoms with E-state index >= 15 is 0 Å². The van der Waals surface area contributed by atoms with E-state index in [1.807, 2.05) is 18.2 Å². The molecule has 0 heterocycles. The topological polar surface area (TPSA) is 71.1 Å². The number of benzene rings is 2. The van der Waals surface area contributed by atoms with Gasteiger partial charge in [0.25, 0.3) is 0 Å². The number of carbonyl (C=O) groups is 2. The zero-order chi connectivity index (χ0) is 26.7. The lowest BCUT2D eigenvalue weighted by Crippen LogP contribution is -2.12. The van der Waals surface area contributed by atoms with Crippen LogP contribution in [0.25, 0.3) is 0 Å². The average molecular weight is 499 g/mol. The maximum Gasteiger partial charge on any atom is 0.306 e. The van der Waals surface area contributed by atoms with Crippen LogP contribution in [-0.2, 0) is 16.0 Å². The Morgan fingerprint density at radius 3 is 1.94 bits per heavy atom. The van der Waals surface area contributed by atoms with Crippen molar-refractivity contribution in [3.05, 3.63) is 53.1 Å². The van der Waals surface area contributed by atoms with Crippen LogP contribution in [-0.4, -0.2) is 38.2 Å². The van der Waals surface area contributed by atoms with Gasteiger partial charge < -0.3 is 18.9 Å². The van der Waals surface area contributed by atoms with Crippen LogP contribution in [0.3, 0.4) is 0 Å². The third-order valence-electron chi connectivity index (χ3n) is 5.15. The van der Waals surface area contributed by atoms with Gasteiger partial charge in [-0.1, -0.05) is 41.5 Å². The van der Waals surface area contributed by atoms with Crippen molar-refractivity contribution in [2.75, 3.05) is 26.4 Å². The van der Waals surface area contributed by atoms with Gasteiger partial charge in [-0.2, -0.15) is 0 Å². The van der Waals surface area contributed by atoms with E-state index in [1.54, 1.807) is 25.1 Å². The first kappa shape index (κ1) is 29.2. The van der Waals surface area contributed by atoms with E-state index < -0.39 is 0 Å². The van der Waals surface area contributed by atoms with Gasteiger partial charge >= 0.3 is 5.97 Å². The molecule has 36 heavy (non-hydrogen) atoms. The van der Waals surface area contributed by atoms with Crippen LogP contribution in [0.5, 0.6) is 17.2 Å². The number of ether oxygens (including phenoxy) is 4. The van der Waals surface area contributed by atoms with Gasteiger partial charge in [0.15, 0.2) is 5.78 Å². The summed E-state index contributed by atoms with van der Waals surface area (Å²) in [6.07, 6.45) is 0.631. The number of aryl methyl sites for hydroxylation is 1. The Labute approximate surface area is 216 Å². The van der Waals surface area contributed by atoms with E-state index in [0.717, 1.165) is 5.56 Å². The highest BCUT2D eigenvalue weighted by Crippen LogP contribution is 2.30. The van der Waals surface area contributed by atoms with Crippen molar-refractivity contribution in [2.45, 2.75) is 61.3 Å². The Hall–Kier alpha value is -3.02. The minimum Gasteiger partial charge on any atom is -0.493 e. The van der Waals surface area contributed by atoms with Crippen molar-refractivity contribution in [1.82, 2.24) is 0 Å². The van der Waals surface area contributed by atoms with E-state index in [4.69, 9.17) is 18.9 Å². The average Bonchev–Trinajstić information content (AvgIpc) is 2.83. The van der Waals surface area contributed by atoms with E-state index in [9.17, 15) is 9.59 Å². The molecule has 0 fully saturated rings. The SMILES string of the molecule is CCOC(=O)CCc1cc(C(=O)c2cc(OCC(C)C)ccc2OCC(C)C)ccc1OCC(C)C. The zero-order valence-corrected chi connectivity index (χ0v) is 22.9. The summed E-state index contributed by atoms with van der Waals surface area (Å²) in [6.45, 7) is 16.1. The summed E-state index contributed by atoms with van der Waals surface area (Å²) >= 11 is 0. The molecule has 0 spiro atoms. The highest BCUT2D eigenvalue weighted by Gasteiger charge is 2.19. The maximum absolute atomic E-state index is 13.7. The van der Waals surface area contributed by atoms with Crippen molar-refractivity contribution >= 4 is 11.8 Å². The molecule has 0 N–H and O–H groups in total. The van der Waals surface area contributed by atoms with Crippen molar-refractivity contribution in [3.8, 4) is 17.2 Å². The molecule has 0 aliphatic heterocycles. The molecular weight excluding hydrogens is 456 g/mol. The van der Waals surface area contributed by atoms with Crippen LogP contribution in [0.4, 0.5) is 0 Å². The second kappa shape index (κ2) is 14.5. The molecule has 6 nitrogen and oxygen atoms in total. The minimum absolute atomic E-state index is 0.170. The monoisotopic (exact) mass is 498 g/mol. The molecule has 2 aromatic rings. The quantitative estimate of drug-likeness (QED) is 0.206. The highest BCUT2D eigenvalue weighted by molar-refractivity contribution is 6.11. The fraction of sp³-hybridized carbons (Fsp3) is 0.533. The number of carbonyl (C=O) groups excluding carboxylic acids is 2. The van der Waals surface area contributed by atoms with E-state index in [2.05, 4.69) is 41.5 Å². The Balaban J connectivity index is 2.41. The van der Waals surface area contributed by atoms with Crippen LogP contribution in [0.1, 0.15) is 76.4 Å². The number of ketones is 1. The smallest absolute Gasteiger partial charge is 0.306 e. The van der Waals surface area contributed by atoms with E-state index in [1.165, 1.54) is 0 Å². The highest BCUT2D eigenvalue weighted by atomic mass is 16.5. The summed E-state index contributed by atoms with van der Waals surface area (Å²) in [5.41, 5.74) is 1.75. The Morgan fingerprint density at radius 2 is 1.33 bits per heavy atom. The van der Waals surface area contributed by atoms with Crippen LogP contribution in [0.2, 0.25) is 0 Å². The van der Waals surface area contributed by atoms with Gasteiger partial charge in [0.2, 0.25) is 0 Å². The first-order valence-corrected chi connectivity index (χ1v) is 13.0. The minimum atomic E-state index is -0.275. The van der Waals surface area contributed by atoms with Crippen molar-refractivity contribution in [1.29, 1.82) is 0 Å². The largest absolute Gasteiger partial charge is 0.493 e. The summed E-state index contributed by atoms with van der Waals surface area (Å²) in [5, 5.41) is 0. The molecule has 0 aromatic heterocycles. The van der Waals surface area contributed by atoms with Crippen molar-refractivity contribution in [3.63, 3.8) is 0 Å². The molecule has 198 valence electrons. The van der Waals surface area contributed by atoms with Crippen LogP contribution >= 0.6 is 0 Å². The Bertz CT molecular complexity index is 993. The van der Waals surface area contributed by atoms with E-state index in [-0.39, 0.29) is 18.2 Å². The lowest BCUT2D eigenvalue weighted by Gasteiger charge is -2.17. The second-order valence-corrected chi connectivity index (χ2v) is 10.2. The predicted molar refractivity (Wildman–Crippen MR) is 142 cm³/mol. The molecule has 0 aliphatic rings. The molecular formula is C30H42O6. The maximum atomic E-state index is 13.7. The third-order valence-corrected chi connectivity index (χ3v) is 5.15. The molecule has 0 radical (unpaired) electrons. The van der Waals surface area contributed by atoms with Gasteiger partial charge in [0, 0.05) is 12.0 Å². The molecule has 0 unspecified atom stereocenters. The van der Waals surface area contributed by atoms with Gasteiger partial charge in [0.1, 0.15) is 17.2 Å². The van der Waals surface area contributed by atoms with Gasteiger partial charge in [-0.05, 0) is 73.1 Å². The fourth-order valence-electron chi connectivity index (χ4n) is 3.36. The van der Waals surface area contributed by atoms with Crippen molar-refractivity contribution < 1.29 is 28.5 Å². The molecule has 0 atom stereocenters. The molecule has 6 heteroatoms. The Morgan fingerprint density at radius 1 is 0.750 bits per heavy atom.